The van der Waals surface area contributed by atoms with E-state index >= 15 is 0 Å². The molecule has 0 bridgehead atoms. The topological polar surface area (TPSA) is 92.0 Å². The number of aromatic nitrogens is 4. The van der Waals surface area contributed by atoms with Crippen molar-refractivity contribution in [2.75, 3.05) is 19.5 Å². The monoisotopic (exact) mass is 425 g/mol. The van der Waals surface area contributed by atoms with Gasteiger partial charge in [-0.15, -0.1) is 0 Å². The van der Waals surface area contributed by atoms with Gasteiger partial charge in [0.05, 0.1) is 12.3 Å². The summed E-state index contributed by atoms with van der Waals surface area (Å²) in [5.41, 5.74) is 7.76. The Morgan fingerprint density at radius 1 is 1.23 bits per heavy atom. The first-order chi connectivity index (χ1) is 14.9. The summed E-state index contributed by atoms with van der Waals surface area (Å²) in [6.07, 6.45) is 15.7. The lowest BCUT2D eigenvalue weighted by molar-refractivity contribution is 0.234. The van der Waals surface area contributed by atoms with E-state index in [-0.39, 0.29) is 5.82 Å². The molecule has 0 aliphatic rings. The van der Waals surface area contributed by atoms with Crippen LogP contribution in [0.1, 0.15) is 26.5 Å². The zero-order valence-electron chi connectivity index (χ0n) is 19.1. The van der Waals surface area contributed by atoms with Gasteiger partial charge in [0.2, 0.25) is 0 Å². The Hall–Kier alpha value is -3.45. The standard InChI is InChI=1S/C15H19N5O.C5H10O.C4H6/c1-5-7-10(3)8-12-9-20(11(4)6-2)15(17-12)13-14(16)19-21-18-13;1-3-4-5-6-2;1-3-4-2/h5-7,9-10H,2,4,8H2,1,3H3,(H2,16,19);3-4H,5H2,1-2H3;3-4H,1-2H2/b7-5-;4-3-;. The number of rotatable bonds is 9. The van der Waals surface area contributed by atoms with Crippen molar-refractivity contribution in [2.24, 2.45) is 5.92 Å². The number of anilines is 1. The van der Waals surface area contributed by atoms with Gasteiger partial charge in [-0.05, 0) is 42.6 Å². The van der Waals surface area contributed by atoms with Gasteiger partial charge < -0.3 is 10.5 Å². The largest absolute Gasteiger partial charge is 0.381 e. The molecule has 7 nitrogen and oxygen atoms in total. The first-order valence-corrected chi connectivity index (χ1v) is 9.84. The van der Waals surface area contributed by atoms with Gasteiger partial charge in [0, 0.05) is 19.0 Å². The maximum Gasteiger partial charge on any atom is 0.199 e. The fourth-order valence-corrected chi connectivity index (χ4v) is 2.28. The van der Waals surface area contributed by atoms with Crippen LogP contribution in [0.25, 0.3) is 17.2 Å². The van der Waals surface area contributed by atoms with Crippen molar-refractivity contribution >= 4 is 11.5 Å². The Balaban J connectivity index is 0.000000753. The quantitative estimate of drug-likeness (QED) is 0.422. The van der Waals surface area contributed by atoms with Gasteiger partial charge in [-0.25, -0.2) is 9.61 Å². The zero-order valence-corrected chi connectivity index (χ0v) is 19.1. The van der Waals surface area contributed by atoms with Crippen LogP contribution >= 0.6 is 0 Å². The molecule has 2 rings (SSSR count). The summed E-state index contributed by atoms with van der Waals surface area (Å²) >= 11 is 0. The van der Waals surface area contributed by atoms with Crippen LogP contribution in [0, 0.1) is 5.92 Å². The van der Waals surface area contributed by atoms with E-state index in [1.165, 1.54) is 0 Å². The third kappa shape index (κ3) is 10.2. The Bertz CT molecular complexity index is 868. The Morgan fingerprint density at radius 2 is 1.90 bits per heavy atom. The van der Waals surface area contributed by atoms with Crippen LogP contribution in [0.15, 0.2) is 79.7 Å². The van der Waals surface area contributed by atoms with E-state index < -0.39 is 0 Å². The molecule has 7 heteroatoms. The van der Waals surface area contributed by atoms with Crippen molar-refractivity contribution in [2.45, 2.75) is 27.2 Å². The molecule has 2 heterocycles. The molecule has 0 saturated heterocycles. The van der Waals surface area contributed by atoms with Crippen LogP contribution in [-0.4, -0.2) is 33.6 Å². The Morgan fingerprint density at radius 3 is 2.32 bits per heavy atom. The molecule has 1 atom stereocenters. The Kier molecular flexibility index (Phi) is 14.5. The average Bonchev–Trinajstić information content (AvgIpc) is 3.38. The third-order valence-corrected chi connectivity index (χ3v) is 3.74. The molecule has 0 spiro atoms. The highest BCUT2D eigenvalue weighted by Crippen LogP contribution is 2.25. The molecule has 0 aromatic carbocycles. The summed E-state index contributed by atoms with van der Waals surface area (Å²) in [6, 6.07) is 0. The molecule has 0 fully saturated rings. The van der Waals surface area contributed by atoms with Crippen LogP contribution in [0.2, 0.25) is 0 Å². The first-order valence-electron chi connectivity index (χ1n) is 9.84. The lowest BCUT2D eigenvalue weighted by Crippen LogP contribution is -1.98. The fourth-order valence-electron chi connectivity index (χ4n) is 2.28. The second kappa shape index (κ2) is 16.4. The van der Waals surface area contributed by atoms with Crippen molar-refractivity contribution in [1.82, 2.24) is 19.9 Å². The van der Waals surface area contributed by atoms with E-state index in [2.05, 4.69) is 59.2 Å². The van der Waals surface area contributed by atoms with Gasteiger partial charge in [0.25, 0.3) is 0 Å². The van der Waals surface area contributed by atoms with Gasteiger partial charge in [-0.3, -0.25) is 4.57 Å². The lowest BCUT2D eigenvalue weighted by Gasteiger charge is -2.04. The van der Waals surface area contributed by atoms with Crippen LogP contribution in [0.3, 0.4) is 0 Å². The lowest BCUT2D eigenvalue weighted by atomic mass is 10.1. The van der Waals surface area contributed by atoms with Gasteiger partial charge in [-0.2, -0.15) is 0 Å². The van der Waals surface area contributed by atoms with E-state index in [1.54, 1.807) is 29.9 Å². The SMILES string of the molecule is C/C=C\COC.C=CC(=C)n1cc(CC(C)/C=C\C)nc1-c1nonc1N.C=CC=C. The van der Waals surface area contributed by atoms with Crippen molar-refractivity contribution in [1.29, 1.82) is 0 Å². The highest BCUT2D eigenvalue weighted by atomic mass is 16.6. The number of nitrogens with zero attached hydrogens (tertiary/aromatic N) is 4. The number of ether oxygens (including phenoxy) is 1. The Labute approximate surface area is 186 Å². The van der Waals surface area contributed by atoms with Gasteiger partial charge in [0.1, 0.15) is 0 Å². The molecular weight excluding hydrogens is 390 g/mol. The zero-order chi connectivity index (χ0) is 23.6. The van der Waals surface area contributed by atoms with Crippen molar-refractivity contribution in [3.8, 4) is 11.5 Å². The molecule has 0 radical (unpaired) electrons. The van der Waals surface area contributed by atoms with Crippen LogP contribution in [0.5, 0.6) is 0 Å². The maximum atomic E-state index is 5.75. The molecular formula is C24H35N5O2. The second-order valence-corrected chi connectivity index (χ2v) is 6.32. The molecule has 31 heavy (non-hydrogen) atoms. The molecule has 0 aliphatic heterocycles. The average molecular weight is 426 g/mol. The number of allylic oxidation sites excluding steroid dienone is 7. The van der Waals surface area contributed by atoms with E-state index in [0.29, 0.717) is 23.1 Å². The third-order valence-electron chi connectivity index (χ3n) is 3.74. The number of methoxy groups -OCH3 is 1. The summed E-state index contributed by atoms with van der Waals surface area (Å²) in [7, 11) is 1.68. The highest BCUT2D eigenvalue weighted by molar-refractivity contribution is 5.69. The molecule has 2 aromatic heterocycles. The second-order valence-electron chi connectivity index (χ2n) is 6.32. The molecule has 0 saturated carbocycles. The number of nitrogen functional groups attached to an aromatic ring is 1. The number of nitrogens with two attached hydrogens (primary N) is 1. The minimum atomic E-state index is 0.201. The van der Waals surface area contributed by atoms with Gasteiger partial charge in [0.15, 0.2) is 17.3 Å². The molecule has 2 aromatic rings. The summed E-state index contributed by atoms with van der Waals surface area (Å²) in [5, 5.41) is 7.40. The fraction of sp³-hybridized carbons (Fsp3) is 0.292. The van der Waals surface area contributed by atoms with Crippen LogP contribution in [0.4, 0.5) is 5.82 Å². The molecule has 1 unspecified atom stereocenters. The highest BCUT2D eigenvalue weighted by Gasteiger charge is 2.18. The van der Waals surface area contributed by atoms with Crippen molar-refractivity contribution in [3.63, 3.8) is 0 Å². The van der Waals surface area contributed by atoms with E-state index in [1.807, 2.05) is 38.3 Å². The summed E-state index contributed by atoms with van der Waals surface area (Å²) in [6.45, 7) is 21.2. The van der Waals surface area contributed by atoms with Crippen LogP contribution in [-0.2, 0) is 11.2 Å². The predicted octanol–water partition coefficient (Wildman–Crippen LogP) is 5.49. The van der Waals surface area contributed by atoms with E-state index in [9.17, 15) is 0 Å². The number of hydrogen-bond donors (Lipinski definition) is 1. The minimum absolute atomic E-state index is 0.201. The number of hydrogen-bond acceptors (Lipinski definition) is 6. The molecule has 0 aliphatic carbocycles. The minimum Gasteiger partial charge on any atom is -0.381 e. The normalized spacial score (nSPS) is 11.2. The van der Waals surface area contributed by atoms with E-state index in [0.717, 1.165) is 18.7 Å². The number of imidazole rings is 1. The van der Waals surface area contributed by atoms with Crippen molar-refractivity contribution < 1.29 is 9.37 Å². The predicted molar refractivity (Wildman–Crippen MR) is 130 cm³/mol. The van der Waals surface area contributed by atoms with Gasteiger partial charge in [-0.1, -0.05) is 69.7 Å². The summed E-state index contributed by atoms with van der Waals surface area (Å²) in [5.74, 6) is 1.14. The smallest absolute Gasteiger partial charge is 0.199 e. The van der Waals surface area contributed by atoms with Crippen LogP contribution < -0.4 is 5.73 Å². The van der Waals surface area contributed by atoms with Gasteiger partial charge >= 0.3 is 0 Å². The van der Waals surface area contributed by atoms with Crippen molar-refractivity contribution in [3.05, 3.63) is 80.7 Å². The first kappa shape index (κ1) is 27.5. The molecule has 0 amide bonds. The molecule has 168 valence electrons. The van der Waals surface area contributed by atoms with E-state index in [4.69, 9.17) is 10.5 Å². The summed E-state index contributed by atoms with van der Waals surface area (Å²) < 4.78 is 11.1. The molecule has 2 N–H and O–H groups in total. The maximum absolute atomic E-state index is 5.75. The summed E-state index contributed by atoms with van der Waals surface area (Å²) in [4.78, 5) is 4.58.